The first kappa shape index (κ1) is 15.2. The monoisotopic (exact) mass is 295 g/mol. The van der Waals surface area contributed by atoms with E-state index in [1.165, 1.54) is 6.07 Å². The molecule has 2 unspecified atom stereocenters. The molecular weight excluding hydrogens is 278 g/mol. The molecule has 0 saturated heterocycles. The van der Waals surface area contributed by atoms with E-state index >= 15 is 0 Å². The lowest BCUT2D eigenvalue weighted by Gasteiger charge is -2.18. The molecule has 8 nitrogen and oxygen atoms in total. The van der Waals surface area contributed by atoms with Crippen molar-refractivity contribution in [2.75, 3.05) is 18.5 Å². The molecule has 1 saturated carbocycles. The number of rotatable bonds is 6. The normalized spacial score (nSPS) is 21.2. The van der Waals surface area contributed by atoms with Gasteiger partial charge >= 0.3 is 11.7 Å². The summed E-state index contributed by atoms with van der Waals surface area (Å²) in [5.74, 6) is -0.516. The van der Waals surface area contributed by atoms with Gasteiger partial charge in [-0.3, -0.25) is 10.1 Å². The number of aliphatic hydroxyl groups is 1. The number of nitro groups is 1. The van der Waals surface area contributed by atoms with Crippen molar-refractivity contribution in [1.29, 1.82) is 0 Å². The summed E-state index contributed by atoms with van der Waals surface area (Å²) in [5, 5.41) is 32.0. The van der Waals surface area contributed by atoms with Crippen LogP contribution in [0.3, 0.4) is 0 Å². The molecule has 1 fully saturated rings. The number of pyridine rings is 1. The highest BCUT2D eigenvalue weighted by atomic mass is 16.6. The summed E-state index contributed by atoms with van der Waals surface area (Å²) >= 11 is 0. The summed E-state index contributed by atoms with van der Waals surface area (Å²) in [5.41, 5.74) is -0.912. The fraction of sp³-hybridized carbons (Fsp3) is 0.538. The van der Waals surface area contributed by atoms with Gasteiger partial charge in [-0.1, -0.05) is 6.42 Å². The third-order valence-electron chi connectivity index (χ3n) is 3.91. The number of anilines is 1. The van der Waals surface area contributed by atoms with Gasteiger partial charge in [-0.05, 0) is 24.7 Å². The van der Waals surface area contributed by atoms with E-state index in [9.17, 15) is 20.0 Å². The topological polar surface area (TPSA) is 126 Å². The van der Waals surface area contributed by atoms with Crippen molar-refractivity contribution in [1.82, 2.24) is 4.98 Å². The lowest BCUT2D eigenvalue weighted by Crippen LogP contribution is -2.21. The van der Waals surface area contributed by atoms with E-state index in [0.29, 0.717) is 18.3 Å². The minimum absolute atomic E-state index is 0.139. The van der Waals surface area contributed by atoms with Crippen molar-refractivity contribution in [3.8, 4) is 0 Å². The van der Waals surface area contributed by atoms with Crippen LogP contribution < -0.4 is 5.32 Å². The second-order valence-corrected chi connectivity index (χ2v) is 5.16. The zero-order valence-electron chi connectivity index (χ0n) is 11.4. The summed E-state index contributed by atoms with van der Waals surface area (Å²) < 4.78 is 0. The SMILES string of the molecule is O=C(O)c1cc(NCC2CCCC2CO)ncc1[N+](=O)[O-]. The second-order valence-electron chi connectivity index (χ2n) is 5.16. The van der Waals surface area contributed by atoms with E-state index in [0.717, 1.165) is 25.5 Å². The Balaban J connectivity index is 2.09. The molecular formula is C13H17N3O5. The molecule has 0 bridgehead atoms. The summed E-state index contributed by atoms with van der Waals surface area (Å²) in [6, 6.07) is 1.17. The van der Waals surface area contributed by atoms with Crippen LogP contribution in [-0.4, -0.2) is 39.2 Å². The molecule has 0 spiro atoms. The van der Waals surface area contributed by atoms with Gasteiger partial charge in [0, 0.05) is 19.2 Å². The van der Waals surface area contributed by atoms with Crippen molar-refractivity contribution in [3.63, 3.8) is 0 Å². The lowest BCUT2D eigenvalue weighted by molar-refractivity contribution is -0.385. The van der Waals surface area contributed by atoms with E-state index in [-0.39, 0.29) is 18.1 Å². The lowest BCUT2D eigenvalue weighted by atomic mass is 9.97. The molecule has 21 heavy (non-hydrogen) atoms. The highest BCUT2D eigenvalue weighted by Gasteiger charge is 2.27. The van der Waals surface area contributed by atoms with Gasteiger partial charge in [0.1, 0.15) is 17.6 Å². The van der Waals surface area contributed by atoms with Crippen molar-refractivity contribution in [2.45, 2.75) is 19.3 Å². The van der Waals surface area contributed by atoms with Gasteiger partial charge in [0.05, 0.1) is 4.92 Å². The first-order valence-corrected chi connectivity index (χ1v) is 6.75. The van der Waals surface area contributed by atoms with Gasteiger partial charge in [0.25, 0.3) is 0 Å². The molecule has 1 aliphatic carbocycles. The molecule has 2 atom stereocenters. The van der Waals surface area contributed by atoms with E-state index in [1.54, 1.807) is 0 Å². The number of carbonyl (C=O) groups is 1. The molecule has 1 heterocycles. The second kappa shape index (κ2) is 6.49. The third kappa shape index (κ3) is 3.46. The van der Waals surface area contributed by atoms with Crippen molar-refractivity contribution in [2.24, 2.45) is 11.8 Å². The van der Waals surface area contributed by atoms with Crippen molar-refractivity contribution >= 4 is 17.5 Å². The van der Waals surface area contributed by atoms with E-state index in [2.05, 4.69) is 10.3 Å². The van der Waals surface area contributed by atoms with Crippen LogP contribution in [0.4, 0.5) is 11.5 Å². The number of carboxylic acids is 1. The Morgan fingerprint density at radius 1 is 1.48 bits per heavy atom. The van der Waals surface area contributed by atoms with Crippen LogP contribution in [0.2, 0.25) is 0 Å². The van der Waals surface area contributed by atoms with E-state index in [4.69, 9.17) is 5.11 Å². The maximum atomic E-state index is 11.0. The van der Waals surface area contributed by atoms with Crippen LogP contribution >= 0.6 is 0 Å². The number of aromatic carboxylic acids is 1. The van der Waals surface area contributed by atoms with Gasteiger partial charge in [-0.25, -0.2) is 9.78 Å². The van der Waals surface area contributed by atoms with Crippen LogP contribution in [-0.2, 0) is 0 Å². The molecule has 2 rings (SSSR count). The van der Waals surface area contributed by atoms with Gasteiger partial charge in [0.15, 0.2) is 0 Å². The predicted octanol–water partition coefficient (Wildman–Crippen LogP) is 1.51. The minimum atomic E-state index is -1.36. The van der Waals surface area contributed by atoms with Crippen molar-refractivity contribution < 1.29 is 19.9 Å². The van der Waals surface area contributed by atoms with Crippen LogP contribution in [0.25, 0.3) is 0 Å². The number of carboxylic acid groups (broad SMARTS) is 1. The smallest absolute Gasteiger partial charge is 0.342 e. The maximum Gasteiger partial charge on any atom is 0.342 e. The van der Waals surface area contributed by atoms with Crippen LogP contribution in [0, 0.1) is 22.0 Å². The third-order valence-corrected chi connectivity index (χ3v) is 3.91. The molecule has 1 aliphatic rings. The highest BCUT2D eigenvalue weighted by Crippen LogP contribution is 2.31. The fourth-order valence-electron chi connectivity index (χ4n) is 2.72. The number of aromatic nitrogens is 1. The predicted molar refractivity (Wildman–Crippen MR) is 74.3 cm³/mol. The summed E-state index contributed by atoms with van der Waals surface area (Å²) in [7, 11) is 0. The molecule has 0 radical (unpaired) electrons. The summed E-state index contributed by atoms with van der Waals surface area (Å²) in [4.78, 5) is 24.9. The molecule has 1 aromatic rings. The van der Waals surface area contributed by atoms with Crippen LogP contribution in [0.5, 0.6) is 0 Å². The summed E-state index contributed by atoms with van der Waals surface area (Å²) in [6.45, 7) is 0.704. The zero-order valence-corrected chi connectivity index (χ0v) is 11.4. The fourth-order valence-corrected chi connectivity index (χ4v) is 2.72. The Hall–Kier alpha value is -2.22. The molecule has 0 amide bonds. The van der Waals surface area contributed by atoms with E-state index in [1.807, 2.05) is 0 Å². The Morgan fingerprint density at radius 3 is 2.81 bits per heavy atom. The number of nitrogens with zero attached hydrogens (tertiary/aromatic N) is 2. The zero-order chi connectivity index (χ0) is 15.4. The molecule has 1 aromatic heterocycles. The van der Waals surface area contributed by atoms with E-state index < -0.39 is 16.6 Å². The highest BCUT2D eigenvalue weighted by molar-refractivity contribution is 5.93. The quantitative estimate of drug-likeness (QED) is 0.536. The maximum absolute atomic E-state index is 11.0. The average molecular weight is 295 g/mol. The Labute approximate surface area is 121 Å². The largest absolute Gasteiger partial charge is 0.477 e. The number of hydrogen-bond acceptors (Lipinski definition) is 6. The standard InChI is InChI=1S/C13H17N3O5/c17-7-9-3-1-2-8(9)5-14-12-4-10(13(18)19)11(6-15-12)16(20)21/h4,6,8-9,17H,1-3,5,7H2,(H,14,15)(H,18,19). The van der Waals surface area contributed by atoms with Gasteiger partial charge in [-0.2, -0.15) is 0 Å². The summed E-state index contributed by atoms with van der Waals surface area (Å²) in [6.07, 6.45) is 3.99. The first-order valence-electron chi connectivity index (χ1n) is 6.75. The van der Waals surface area contributed by atoms with Gasteiger partial charge < -0.3 is 15.5 Å². The molecule has 3 N–H and O–H groups in total. The van der Waals surface area contributed by atoms with Crippen LogP contribution in [0.15, 0.2) is 12.3 Å². The Bertz CT molecular complexity index is 549. The Kier molecular flexibility index (Phi) is 4.69. The van der Waals surface area contributed by atoms with Gasteiger partial charge in [0.2, 0.25) is 0 Å². The van der Waals surface area contributed by atoms with Crippen molar-refractivity contribution in [3.05, 3.63) is 27.9 Å². The number of nitrogens with one attached hydrogen (secondary N) is 1. The van der Waals surface area contributed by atoms with Crippen LogP contribution in [0.1, 0.15) is 29.6 Å². The number of aliphatic hydroxyl groups excluding tert-OH is 1. The first-order chi connectivity index (χ1) is 10.0. The molecule has 0 aliphatic heterocycles. The average Bonchev–Trinajstić information content (AvgIpc) is 2.92. The minimum Gasteiger partial charge on any atom is -0.477 e. The molecule has 0 aromatic carbocycles. The number of hydrogen-bond donors (Lipinski definition) is 3. The molecule has 8 heteroatoms. The Morgan fingerprint density at radius 2 is 2.19 bits per heavy atom. The van der Waals surface area contributed by atoms with Gasteiger partial charge in [-0.15, -0.1) is 0 Å². The molecule has 114 valence electrons.